The van der Waals surface area contributed by atoms with Gasteiger partial charge in [-0.15, -0.1) is 0 Å². The van der Waals surface area contributed by atoms with E-state index >= 15 is 0 Å². The van der Waals surface area contributed by atoms with Crippen molar-refractivity contribution < 1.29 is 15.0 Å². The number of phenols is 1. The number of aromatic nitrogens is 4. The number of rotatable bonds is 3. The van der Waals surface area contributed by atoms with Crippen LogP contribution in [0.4, 0.5) is 4.79 Å². The van der Waals surface area contributed by atoms with Gasteiger partial charge in [0.15, 0.2) is 0 Å². The SMILES string of the molecule is Cc1cc2ncc(-c3cnn(CC4CCN(C(=O)O)CC4)c3)nc2cc1O. The Kier molecular flexibility index (Phi) is 4.39. The van der Waals surface area contributed by atoms with Crippen LogP contribution in [0.1, 0.15) is 18.4 Å². The number of hydrogen-bond acceptors (Lipinski definition) is 5. The van der Waals surface area contributed by atoms with Crippen LogP contribution >= 0.6 is 0 Å². The van der Waals surface area contributed by atoms with E-state index < -0.39 is 6.09 Å². The summed E-state index contributed by atoms with van der Waals surface area (Å²) in [6, 6.07) is 3.44. The van der Waals surface area contributed by atoms with Crippen LogP contribution in [0.15, 0.2) is 30.7 Å². The minimum atomic E-state index is -0.842. The molecule has 2 N–H and O–H groups in total. The average molecular weight is 367 g/mol. The van der Waals surface area contributed by atoms with Crippen molar-refractivity contribution in [3.05, 3.63) is 36.3 Å². The Morgan fingerprint density at radius 2 is 2.00 bits per heavy atom. The number of aryl methyl sites for hydroxylation is 1. The first-order chi connectivity index (χ1) is 13.0. The number of amides is 1. The number of hydrogen-bond donors (Lipinski definition) is 2. The van der Waals surface area contributed by atoms with Crippen LogP contribution < -0.4 is 0 Å². The first kappa shape index (κ1) is 17.3. The molecule has 1 amide bonds. The van der Waals surface area contributed by atoms with Crippen molar-refractivity contribution in [2.75, 3.05) is 13.1 Å². The van der Waals surface area contributed by atoms with Crippen molar-refractivity contribution in [1.82, 2.24) is 24.6 Å². The number of fused-ring (bicyclic) bond motifs is 1. The molecule has 0 bridgehead atoms. The number of nitrogens with zero attached hydrogens (tertiary/aromatic N) is 5. The molecule has 0 radical (unpaired) electrons. The van der Waals surface area contributed by atoms with Crippen molar-refractivity contribution >= 4 is 17.1 Å². The molecule has 140 valence electrons. The molecule has 8 heteroatoms. The highest BCUT2D eigenvalue weighted by molar-refractivity contribution is 5.79. The summed E-state index contributed by atoms with van der Waals surface area (Å²) in [4.78, 5) is 21.5. The highest BCUT2D eigenvalue weighted by Crippen LogP contribution is 2.25. The van der Waals surface area contributed by atoms with Crippen LogP contribution in [0, 0.1) is 12.8 Å². The van der Waals surface area contributed by atoms with Gasteiger partial charge in [0, 0.05) is 37.5 Å². The molecule has 3 heterocycles. The summed E-state index contributed by atoms with van der Waals surface area (Å²) in [5.41, 5.74) is 3.73. The molecule has 3 aromatic rings. The van der Waals surface area contributed by atoms with Crippen LogP contribution in [0.3, 0.4) is 0 Å². The lowest BCUT2D eigenvalue weighted by Crippen LogP contribution is -2.38. The Hall–Kier alpha value is -3.16. The molecule has 0 aliphatic carbocycles. The summed E-state index contributed by atoms with van der Waals surface area (Å²) in [5.74, 6) is 0.619. The Balaban J connectivity index is 1.48. The van der Waals surface area contributed by atoms with Gasteiger partial charge < -0.3 is 15.1 Å². The molecule has 2 aromatic heterocycles. The van der Waals surface area contributed by atoms with E-state index in [2.05, 4.69) is 15.1 Å². The molecular weight excluding hydrogens is 346 g/mol. The minimum Gasteiger partial charge on any atom is -0.508 e. The minimum absolute atomic E-state index is 0.206. The number of aromatic hydroxyl groups is 1. The fourth-order valence-electron chi connectivity index (χ4n) is 3.46. The van der Waals surface area contributed by atoms with Crippen LogP contribution in [0.5, 0.6) is 5.75 Å². The lowest BCUT2D eigenvalue weighted by Gasteiger charge is -2.29. The highest BCUT2D eigenvalue weighted by Gasteiger charge is 2.22. The largest absolute Gasteiger partial charge is 0.508 e. The van der Waals surface area contributed by atoms with Gasteiger partial charge in [-0.25, -0.2) is 9.78 Å². The summed E-state index contributed by atoms with van der Waals surface area (Å²) in [7, 11) is 0. The second-order valence-corrected chi connectivity index (χ2v) is 7.05. The molecule has 1 aromatic carbocycles. The molecule has 0 atom stereocenters. The standard InChI is InChI=1S/C19H21N5O3/c1-12-6-15-16(7-18(12)25)22-17(9-20-15)14-8-21-24(11-14)10-13-2-4-23(5-3-13)19(26)27/h6-9,11,13,25H,2-5,10H2,1H3,(H,26,27). The fourth-order valence-corrected chi connectivity index (χ4v) is 3.46. The van der Waals surface area contributed by atoms with Gasteiger partial charge in [0.25, 0.3) is 0 Å². The molecule has 0 unspecified atom stereocenters. The highest BCUT2D eigenvalue weighted by atomic mass is 16.4. The fraction of sp³-hybridized carbons (Fsp3) is 0.368. The number of carboxylic acid groups (broad SMARTS) is 1. The maximum Gasteiger partial charge on any atom is 0.407 e. The number of likely N-dealkylation sites (tertiary alicyclic amines) is 1. The molecule has 0 saturated carbocycles. The molecule has 8 nitrogen and oxygen atoms in total. The van der Waals surface area contributed by atoms with Gasteiger partial charge in [0.1, 0.15) is 5.75 Å². The summed E-state index contributed by atoms with van der Waals surface area (Å²) < 4.78 is 1.88. The van der Waals surface area contributed by atoms with E-state index in [1.165, 1.54) is 4.90 Å². The molecule has 1 aliphatic heterocycles. The van der Waals surface area contributed by atoms with Crippen LogP contribution in [-0.4, -0.2) is 54.0 Å². The third kappa shape index (κ3) is 3.55. The Morgan fingerprint density at radius 3 is 2.74 bits per heavy atom. The topological polar surface area (TPSA) is 104 Å². The average Bonchev–Trinajstić information content (AvgIpc) is 3.11. The third-order valence-electron chi connectivity index (χ3n) is 5.12. The lowest BCUT2D eigenvalue weighted by molar-refractivity contribution is 0.121. The van der Waals surface area contributed by atoms with E-state index in [4.69, 9.17) is 5.11 Å². The third-order valence-corrected chi connectivity index (χ3v) is 5.12. The first-order valence-electron chi connectivity index (χ1n) is 8.96. The van der Waals surface area contributed by atoms with Crippen molar-refractivity contribution in [2.24, 2.45) is 5.92 Å². The molecular formula is C19H21N5O3. The van der Waals surface area contributed by atoms with Crippen LogP contribution in [0.25, 0.3) is 22.3 Å². The predicted molar refractivity (Wildman–Crippen MR) is 99.5 cm³/mol. The zero-order valence-electron chi connectivity index (χ0n) is 15.0. The summed E-state index contributed by atoms with van der Waals surface area (Å²) >= 11 is 0. The molecule has 1 fully saturated rings. The van der Waals surface area contributed by atoms with Gasteiger partial charge in [-0.3, -0.25) is 9.67 Å². The molecule has 4 rings (SSSR count). The lowest BCUT2D eigenvalue weighted by atomic mass is 9.97. The number of piperidine rings is 1. The molecule has 0 spiro atoms. The zero-order chi connectivity index (χ0) is 19.0. The molecule has 1 saturated heterocycles. The quantitative estimate of drug-likeness (QED) is 0.737. The van der Waals surface area contributed by atoms with Crippen molar-refractivity contribution in [2.45, 2.75) is 26.3 Å². The van der Waals surface area contributed by atoms with Gasteiger partial charge in [0.2, 0.25) is 0 Å². The van der Waals surface area contributed by atoms with Crippen molar-refractivity contribution in [1.29, 1.82) is 0 Å². The van der Waals surface area contributed by atoms with E-state index in [1.807, 2.05) is 23.9 Å². The predicted octanol–water partition coefficient (Wildman–Crippen LogP) is 2.90. The van der Waals surface area contributed by atoms with E-state index in [0.717, 1.165) is 36.0 Å². The number of phenolic OH excluding ortho intramolecular Hbond substituents is 1. The Morgan fingerprint density at radius 1 is 1.22 bits per heavy atom. The van der Waals surface area contributed by atoms with Crippen LogP contribution in [0.2, 0.25) is 0 Å². The smallest absolute Gasteiger partial charge is 0.407 e. The number of benzene rings is 1. The van der Waals surface area contributed by atoms with Gasteiger partial charge >= 0.3 is 6.09 Å². The summed E-state index contributed by atoms with van der Waals surface area (Å²) in [6.45, 7) is 3.74. The molecule has 27 heavy (non-hydrogen) atoms. The summed E-state index contributed by atoms with van der Waals surface area (Å²) in [6.07, 6.45) is 6.26. The van der Waals surface area contributed by atoms with E-state index in [9.17, 15) is 9.90 Å². The molecule has 1 aliphatic rings. The Bertz CT molecular complexity index is 992. The first-order valence-corrected chi connectivity index (χ1v) is 8.96. The normalized spacial score (nSPS) is 15.4. The van der Waals surface area contributed by atoms with Crippen molar-refractivity contribution in [3.63, 3.8) is 0 Å². The maximum absolute atomic E-state index is 11.0. The van der Waals surface area contributed by atoms with Crippen LogP contribution in [-0.2, 0) is 6.54 Å². The summed E-state index contributed by atoms with van der Waals surface area (Å²) in [5, 5.41) is 23.3. The van der Waals surface area contributed by atoms with E-state index in [1.54, 1.807) is 18.5 Å². The Labute approximate surface area is 156 Å². The zero-order valence-corrected chi connectivity index (χ0v) is 15.0. The van der Waals surface area contributed by atoms with E-state index in [-0.39, 0.29) is 5.75 Å². The monoisotopic (exact) mass is 367 g/mol. The number of carbonyl (C=O) groups is 1. The second-order valence-electron chi connectivity index (χ2n) is 7.05. The maximum atomic E-state index is 11.0. The van der Waals surface area contributed by atoms with Gasteiger partial charge in [0.05, 0.1) is 29.1 Å². The second kappa shape index (κ2) is 6.86. The van der Waals surface area contributed by atoms with Crippen molar-refractivity contribution in [3.8, 4) is 17.0 Å². The van der Waals surface area contributed by atoms with E-state index in [0.29, 0.717) is 30.2 Å². The van der Waals surface area contributed by atoms with Gasteiger partial charge in [-0.2, -0.15) is 5.10 Å². The van der Waals surface area contributed by atoms with Gasteiger partial charge in [-0.05, 0) is 37.3 Å². The van der Waals surface area contributed by atoms with Gasteiger partial charge in [-0.1, -0.05) is 0 Å².